The molecule has 0 saturated heterocycles. The molecular weight excluding hydrogens is 405 g/mol. The number of aryl methyl sites for hydroxylation is 1. The highest BCUT2D eigenvalue weighted by atomic mass is 19.1. The topological polar surface area (TPSA) is 47.6 Å². The van der Waals surface area contributed by atoms with Crippen LogP contribution in [0.3, 0.4) is 0 Å². The Balaban J connectivity index is 1.26. The molecule has 0 bridgehead atoms. The number of nitrogens with one attached hydrogen (secondary N) is 1. The molecule has 166 valence electrons. The third kappa shape index (κ3) is 5.67. The molecule has 3 aromatic carbocycles. The molecule has 1 amide bonds. The van der Waals surface area contributed by atoms with Gasteiger partial charge in [-0.2, -0.15) is 0 Å². The maximum atomic E-state index is 13.0. The van der Waals surface area contributed by atoms with E-state index in [0.717, 1.165) is 41.9 Å². The van der Waals surface area contributed by atoms with E-state index in [0.29, 0.717) is 13.2 Å². The van der Waals surface area contributed by atoms with Crippen molar-refractivity contribution in [3.63, 3.8) is 0 Å². The van der Waals surface area contributed by atoms with Crippen molar-refractivity contribution in [3.8, 4) is 11.5 Å². The van der Waals surface area contributed by atoms with E-state index in [1.165, 1.54) is 29.7 Å². The van der Waals surface area contributed by atoms with Crippen LogP contribution in [0.5, 0.6) is 11.5 Å². The molecule has 1 unspecified atom stereocenters. The van der Waals surface area contributed by atoms with Gasteiger partial charge in [-0.05, 0) is 85.2 Å². The van der Waals surface area contributed by atoms with Crippen molar-refractivity contribution in [2.45, 2.75) is 51.9 Å². The number of carbonyl (C=O) groups excluding carboxylic acids is 1. The maximum Gasteiger partial charge on any atom is 0.261 e. The van der Waals surface area contributed by atoms with Gasteiger partial charge in [-0.1, -0.05) is 36.4 Å². The highest BCUT2D eigenvalue weighted by Crippen LogP contribution is 2.30. The fraction of sp³-hybridized carbons (Fsp3) is 0.296. The molecule has 1 atom stereocenters. The molecule has 0 radical (unpaired) electrons. The Hall–Kier alpha value is -3.34. The zero-order chi connectivity index (χ0) is 22.3. The molecule has 1 N–H and O–H groups in total. The van der Waals surface area contributed by atoms with E-state index in [-0.39, 0.29) is 11.7 Å². The summed E-state index contributed by atoms with van der Waals surface area (Å²) in [5.74, 6) is 1.14. The number of amides is 1. The third-order valence-electron chi connectivity index (χ3n) is 5.73. The lowest BCUT2D eigenvalue weighted by atomic mass is 9.91. The smallest absolute Gasteiger partial charge is 0.261 e. The first-order valence-corrected chi connectivity index (χ1v) is 11.1. The molecule has 0 saturated carbocycles. The van der Waals surface area contributed by atoms with Crippen LogP contribution in [-0.4, -0.2) is 12.0 Å². The van der Waals surface area contributed by atoms with E-state index in [1.54, 1.807) is 19.1 Å². The molecule has 4 rings (SSSR count). The largest absolute Gasteiger partial charge is 0.489 e. The standard InChI is InChI=1S/C27H28FNO3/c1-19(32-26-8-4-6-22-5-2-3-7-25(22)26)27(30)29-17-20-11-15-24(16-12-20)31-18-21-9-13-23(28)14-10-21/h4,6,8-16,19H,2-3,5,7,17-18H2,1H3,(H,29,30). The highest BCUT2D eigenvalue weighted by molar-refractivity contribution is 5.80. The number of hydrogen-bond donors (Lipinski definition) is 1. The second-order valence-electron chi connectivity index (χ2n) is 8.14. The molecule has 32 heavy (non-hydrogen) atoms. The van der Waals surface area contributed by atoms with Crippen LogP contribution in [0.2, 0.25) is 0 Å². The van der Waals surface area contributed by atoms with Gasteiger partial charge in [-0.25, -0.2) is 4.39 Å². The lowest BCUT2D eigenvalue weighted by Crippen LogP contribution is -2.36. The van der Waals surface area contributed by atoms with E-state index in [2.05, 4.69) is 11.4 Å². The number of benzene rings is 3. The van der Waals surface area contributed by atoms with Crippen molar-refractivity contribution in [2.24, 2.45) is 0 Å². The Labute approximate surface area is 188 Å². The molecule has 4 nitrogen and oxygen atoms in total. The van der Waals surface area contributed by atoms with Crippen molar-refractivity contribution in [3.05, 3.63) is 94.8 Å². The van der Waals surface area contributed by atoms with Gasteiger partial charge in [0, 0.05) is 6.54 Å². The summed E-state index contributed by atoms with van der Waals surface area (Å²) in [5, 5.41) is 2.94. The Kier molecular flexibility index (Phi) is 7.05. The van der Waals surface area contributed by atoms with Gasteiger partial charge in [0.05, 0.1) is 0 Å². The fourth-order valence-corrected chi connectivity index (χ4v) is 3.88. The number of carbonyl (C=O) groups is 1. The summed E-state index contributed by atoms with van der Waals surface area (Å²) in [6, 6.07) is 19.9. The second kappa shape index (κ2) is 10.3. The molecule has 0 spiro atoms. The van der Waals surface area contributed by atoms with Crippen LogP contribution >= 0.6 is 0 Å². The Bertz CT molecular complexity index is 1050. The predicted molar refractivity (Wildman–Crippen MR) is 122 cm³/mol. The first-order chi connectivity index (χ1) is 15.6. The predicted octanol–water partition coefficient (Wildman–Crippen LogP) is 5.37. The second-order valence-corrected chi connectivity index (χ2v) is 8.14. The van der Waals surface area contributed by atoms with Crippen molar-refractivity contribution in [1.82, 2.24) is 5.32 Å². The molecule has 1 aliphatic carbocycles. The van der Waals surface area contributed by atoms with E-state index in [1.807, 2.05) is 36.4 Å². The first kappa shape index (κ1) is 21.9. The summed E-state index contributed by atoms with van der Waals surface area (Å²) in [4.78, 5) is 12.6. The van der Waals surface area contributed by atoms with Crippen LogP contribution in [0.1, 0.15) is 42.0 Å². The minimum absolute atomic E-state index is 0.143. The third-order valence-corrected chi connectivity index (χ3v) is 5.73. The quantitative estimate of drug-likeness (QED) is 0.520. The zero-order valence-corrected chi connectivity index (χ0v) is 18.3. The van der Waals surface area contributed by atoms with Crippen LogP contribution in [0.4, 0.5) is 4.39 Å². The Morgan fingerprint density at radius 1 is 0.969 bits per heavy atom. The van der Waals surface area contributed by atoms with E-state index >= 15 is 0 Å². The summed E-state index contributed by atoms with van der Waals surface area (Å²) < 4.78 is 24.7. The zero-order valence-electron chi connectivity index (χ0n) is 18.3. The Morgan fingerprint density at radius 2 is 1.69 bits per heavy atom. The minimum Gasteiger partial charge on any atom is -0.489 e. The molecular formula is C27H28FNO3. The maximum absolute atomic E-state index is 13.0. The van der Waals surface area contributed by atoms with Gasteiger partial charge < -0.3 is 14.8 Å². The van der Waals surface area contributed by atoms with E-state index in [9.17, 15) is 9.18 Å². The first-order valence-electron chi connectivity index (χ1n) is 11.1. The average molecular weight is 434 g/mol. The monoisotopic (exact) mass is 433 g/mol. The number of fused-ring (bicyclic) bond motifs is 1. The number of ether oxygens (including phenoxy) is 2. The van der Waals surface area contributed by atoms with Crippen LogP contribution < -0.4 is 14.8 Å². The summed E-state index contributed by atoms with van der Waals surface area (Å²) in [5.41, 5.74) is 4.45. The minimum atomic E-state index is -0.568. The number of halogens is 1. The lowest BCUT2D eigenvalue weighted by molar-refractivity contribution is -0.127. The summed E-state index contributed by atoms with van der Waals surface area (Å²) in [7, 11) is 0. The number of hydrogen-bond acceptors (Lipinski definition) is 3. The SMILES string of the molecule is CC(Oc1cccc2c1CCCC2)C(=O)NCc1ccc(OCc2ccc(F)cc2)cc1. The van der Waals surface area contributed by atoms with Gasteiger partial charge >= 0.3 is 0 Å². The van der Waals surface area contributed by atoms with Gasteiger partial charge in [0.2, 0.25) is 0 Å². The van der Waals surface area contributed by atoms with Gasteiger partial charge in [-0.15, -0.1) is 0 Å². The average Bonchev–Trinajstić information content (AvgIpc) is 2.83. The summed E-state index contributed by atoms with van der Waals surface area (Å²) >= 11 is 0. The lowest BCUT2D eigenvalue weighted by Gasteiger charge is -2.22. The summed E-state index contributed by atoms with van der Waals surface area (Å²) in [6.45, 7) is 2.57. The molecule has 0 heterocycles. The van der Waals surface area contributed by atoms with Crippen LogP contribution in [0, 0.1) is 5.82 Å². The van der Waals surface area contributed by atoms with Crippen LogP contribution in [0.15, 0.2) is 66.7 Å². The Morgan fingerprint density at radius 3 is 2.47 bits per heavy atom. The normalized spacial score (nSPS) is 13.7. The van der Waals surface area contributed by atoms with Crippen LogP contribution in [0.25, 0.3) is 0 Å². The molecule has 0 aliphatic heterocycles. The molecule has 0 fully saturated rings. The van der Waals surface area contributed by atoms with Gasteiger partial charge in [0.15, 0.2) is 6.10 Å². The molecule has 0 aromatic heterocycles. The van der Waals surface area contributed by atoms with Gasteiger partial charge in [0.25, 0.3) is 5.91 Å². The summed E-state index contributed by atoms with van der Waals surface area (Å²) in [6.07, 6.45) is 3.90. The number of rotatable bonds is 8. The van der Waals surface area contributed by atoms with Crippen molar-refractivity contribution in [1.29, 1.82) is 0 Å². The van der Waals surface area contributed by atoms with Crippen LogP contribution in [-0.2, 0) is 30.8 Å². The van der Waals surface area contributed by atoms with E-state index in [4.69, 9.17) is 9.47 Å². The fourth-order valence-electron chi connectivity index (χ4n) is 3.88. The van der Waals surface area contributed by atoms with Gasteiger partial charge in [-0.3, -0.25) is 4.79 Å². The van der Waals surface area contributed by atoms with Crippen molar-refractivity contribution < 1.29 is 18.7 Å². The molecule has 1 aliphatic rings. The van der Waals surface area contributed by atoms with Crippen molar-refractivity contribution in [2.75, 3.05) is 0 Å². The van der Waals surface area contributed by atoms with Gasteiger partial charge in [0.1, 0.15) is 23.9 Å². The van der Waals surface area contributed by atoms with E-state index < -0.39 is 6.10 Å². The van der Waals surface area contributed by atoms with Crippen molar-refractivity contribution >= 4 is 5.91 Å². The molecule has 5 heteroatoms. The highest BCUT2D eigenvalue weighted by Gasteiger charge is 2.19. The molecule has 3 aromatic rings.